The average Bonchev–Trinajstić information content (AvgIpc) is 3.11. The van der Waals surface area contributed by atoms with Crippen LogP contribution >= 0.6 is 12.4 Å². The van der Waals surface area contributed by atoms with Crippen LogP contribution in [0.25, 0.3) is 0 Å². The molecule has 0 saturated carbocycles. The highest BCUT2D eigenvalue weighted by atomic mass is 35.5. The fraction of sp³-hybridized carbons (Fsp3) is 0.824. The first-order valence-corrected chi connectivity index (χ1v) is 8.59. The molecule has 0 aromatic carbocycles. The van der Waals surface area contributed by atoms with Crippen LogP contribution in [0, 0.1) is 5.41 Å². The van der Waals surface area contributed by atoms with E-state index in [0.717, 1.165) is 18.0 Å². The van der Waals surface area contributed by atoms with Crippen molar-refractivity contribution in [1.82, 2.24) is 20.0 Å². The first-order chi connectivity index (χ1) is 10.1. The van der Waals surface area contributed by atoms with Gasteiger partial charge in [0, 0.05) is 50.0 Å². The third-order valence-corrected chi connectivity index (χ3v) is 6.18. The van der Waals surface area contributed by atoms with Gasteiger partial charge < -0.3 is 5.32 Å². The molecular weight excluding hydrogens is 296 g/mol. The molecule has 22 heavy (non-hydrogen) atoms. The second kappa shape index (κ2) is 6.14. The standard InChI is InChI=1S/C17H28N4.ClH/c1-17(6-8-18-11-17)12-21-14-3-4-15(21)10-13(9-14)16-5-7-19-20(16)2;/h5,7,13-15,18H,3-4,6,8-12H2,1-2H3;1H. The van der Waals surface area contributed by atoms with Crippen molar-refractivity contribution >= 4 is 12.4 Å². The number of nitrogens with zero attached hydrogens (tertiary/aromatic N) is 3. The number of nitrogens with one attached hydrogen (secondary N) is 1. The SMILES string of the molecule is Cl.Cn1nccc1C1CC2CCC(C1)N2CC1(C)CCNC1. The monoisotopic (exact) mass is 324 g/mol. The Balaban J connectivity index is 0.00000144. The zero-order valence-corrected chi connectivity index (χ0v) is 14.6. The Morgan fingerprint density at radius 1 is 1.32 bits per heavy atom. The number of hydrogen-bond acceptors (Lipinski definition) is 3. The van der Waals surface area contributed by atoms with Crippen LogP contribution in [0.4, 0.5) is 0 Å². The Morgan fingerprint density at radius 3 is 2.59 bits per heavy atom. The molecule has 124 valence electrons. The van der Waals surface area contributed by atoms with Crippen molar-refractivity contribution in [3.8, 4) is 0 Å². The van der Waals surface area contributed by atoms with Gasteiger partial charge in [-0.15, -0.1) is 12.4 Å². The number of hydrogen-bond donors (Lipinski definition) is 1. The Kier molecular flexibility index (Phi) is 4.54. The number of aromatic nitrogens is 2. The van der Waals surface area contributed by atoms with E-state index in [-0.39, 0.29) is 12.4 Å². The molecule has 0 aliphatic carbocycles. The molecule has 4 nitrogen and oxygen atoms in total. The van der Waals surface area contributed by atoms with Crippen LogP contribution < -0.4 is 5.32 Å². The zero-order valence-electron chi connectivity index (χ0n) is 13.8. The molecule has 1 aromatic heterocycles. The fourth-order valence-corrected chi connectivity index (χ4v) is 5.00. The lowest BCUT2D eigenvalue weighted by molar-refractivity contribution is 0.0786. The summed E-state index contributed by atoms with van der Waals surface area (Å²) in [4.78, 5) is 2.86. The highest BCUT2D eigenvalue weighted by Gasteiger charge is 2.44. The zero-order chi connectivity index (χ0) is 14.4. The molecule has 1 aromatic rings. The van der Waals surface area contributed by atoms with E-state index in [0.29, 0.717) is 5.41 Å². The summed E-state index contributed by atoms with van der Waals surface area (Å²) in [6, 6.07) is 3.84. The minimum absolute atomic E-state index is 0. The second-order valence-electron chi connectivity index (χ2n) is 7.84. The number of halogens is 1. The molecule has 5 heteroatoms. The maximum atomic E-state index is 4.37. The lowest BCUT2D eigenvalue weighted by Gasteiger charge is -2.42. The summed E-state index contributed by atoms with van der Waals surface area (Å²) in [5.74, 6) is 0.723. The second-order valence-corrected chi connectivity index (χ2v) is 7.84. The lowest BCUT2D eigenvalue weighted by atomic mass is 9.84. The van der Waals surface area contributed by atoms with Gasteiger partial charge in [0.05, 0.1) is 0 Å². The maximum absolute atomic E-state index is 4.37. The minimum Gasteiger partial charge on any atom is -0.316 e. The quantitative estimate of drug-likeness (QED) is 0.927. The third kappa shape index (κ3) is 2.81. The summed E-state index contributed by atoms with van der Waals surface area (Å²) in [6.45, 7) is 6.18. The van der Waals surface area contributed by atoms with Gasteiger partial charge in [0.2, 0.25) is 0 Å². The van der Waals surface area contributed by atoms with Crippen molar-refractivity contribution in [2.24, 2.45) is 12.5 Å². The third-order valence-electron chi connectivity index (χ3n) is 6.18. The van der Waals surface area contributed by atoms with E-state index >= 15 is 0 Å². The molecule has 3 atom stereocenters. The van der Waals surface area contributed by atoms with Gasteiger partial charge in [-0.2, -0.15) is 5.10 Å². The van der Waals surface area contributed by atoms with Crippen LogP contribution in [-0.2, 0) is 7.05 Å². The van der Waals surface area contributed by atoms with Crippen LogP contribution in [-0.4, -0.2) is 46.4 Å². The van der Waals surface area contributed by atoms with Crippen LogP contribution in [0.3, 0.4) is 0 Å². The predicted octanol–water partition coefficient (Wildman–Crippen LogP) is 2.55. The smallest absolute Gasteiger partial charge is 0.0492 e. The van der Waals surface area contributed by atoms with E-state index in [1.165, 1.54) is 57.4 Å². The molecular formula is C17H29ClN4. The Hall–Kier alpha value is -0.580. The van der Waals surface area contributed by atoms with Crippen molar-refractivity contribution in [3.63, 3.8) is 0 Å². The normalized spacial score (nSPS) is 38.2. The largest absolute Gasteiger partial charge is 0.316 e. The molecule has 4 heterocycles. The lowest BCUT2D eigenvalue weighted by Crippen LogP contribution is -2.48. The average molecular weight is 325 g/mol. The van der Waals surface area contributed by atoms with Crippen molar-refractivity contribution in [1.29, 1.82) is 0 Å². The molecule has 3 aliphatic heterocycles. The van der Waals surface area contributed by atoms with E-state index in [9.17, 15) is 0 Å². The number of piperidine rings is 1. The van der Waals surface area contributed by atoms with Crippen molar-refractivity contribution < 1.29 is 0 Å². The van der Waals surface area contributed by atoms with Gasteiger partial charge in [-0.25, -0.2) is 0 Å². The molecule has 3 fully saturated rings. The van der Waals surface area contributed by atoms with Crippen LogP contribution in [0.15, 0.2) is 12.3 Å². The highest BCUT2D eigenvalue weighted by molar-refractivity contribution is 5.85. The summed E-state index contributed by atoms with van der Waals surface area (Å²) < 4.78 is 2.09. The number of fused-ring (bicyclic) bond motifs is 2. The molecule has 3 saturated heterocycles. The van der Waals surface area contributed by atoms with Gasteiger partial charge in [-0.3, -0.25) is 9.58 Å². The van der Waals surface area contributed by atoms with E-state index in [4.69, 9.17) is 0 Å². The van der Waals surface area contributed by atoms with E-state index < -0.39 is 0 Å². The minimum atomic E-state index is 0. The topological polar surface area (TPSA) is 33.1 Å². The molecule has 2 bridgehead atoms. The summed E-state index contributed by atoms with van der Waals surface area (Å²) >= 11 is 0. The summed E-state index contributed by atoms with van der Waals surface area (Å²) in [6.07, 6.45) is 8.77. The van der Waals surface area contributed by atoms with Gasteiger partial charge in [-0.1, -0.05) is 6.92 Å². The van der Waals surface area contributed by atoms with Crippen LogP contribution in [0.2, 0.25) is 0 Å². The van der Waals surface area contributed by atoms with Gasteiger partial charge in [0.15, 0.2) is 0 Å². The van der Waals surface area contributed by atoms with E-state index in [1.54, 1.807) is 0 Å². The van der Waals surface area contributed by atoms with E-state index in [2.05, 4.69) is 40.0 Å². The molecule has 0 radical (unpaired) electrons. The van der Waals surface area contributed by atoms with E-state index in [1.807, 2.05) is 6.20 Å². The first-order valence-electron chi connectivity index (χ1n) is 8.59. The predicted molar refractivity (Wildman–Crippen MR) is 91.5 cm³/mol. The number of aryl methyl sites for hydroxylation is 1. The van der Waals surface area contributed by atoms with Gasteiger partial charge in [0.1, 0.15) is 0 Å². The van der Waals surface area contributed by atoms with Crippen molar-refractivity contribution in [2.75, 3.05) is 19.6 Å². The first kappa shape index (κ1) is 16.3. The molecule has 0 spiro atoms. The van der Waals surface area contributed by atoms with Gasteiger partial charge in [-0.05, 0) is 50.1 Å². The Labute approximate surface area is 140 Å². The van der Waals surface area contributed by atoms with Crippen LogP contribution in [0.1, 0.15) is 50.6 Å². The highest BCUT2D eigenvalue weighted by Crippen LogP contribution is 2.44. The summed E-state index contributed by atoms with van der Waals surface area (Å²) in [5, 5.41) is 7.92. The van der Waals surface area contributed by atoms with Crippen molar-refractivity contribution in [3.05, 3.63) is 18.0 Å². The molecule has 0 amide bonds. The fourth-order valence-electron chi connectivity index (χ4n) is 5.00. The molecule has 1 N–H and O–H groups in total. The molecule has 4 rings (SSSR count). The molecule has 3 unspecified atom stereocenters. The van der Waals surface area contributed by atoms with Crippen LogP contribution in [0.5, 0.6) is 0 Å². The Bertz CT molecular complexity index is 495. The van der Waals surface area contributed by atoms with Crippen molar-refractivity contribution in [2.45, 2.75) is 57.0 Å². The van der Waals surface area contributed by atoms with Gasteiger partial charge >= 0.3 is 0 Å². The maximum Gasteiger partial charge on any atom is 0.0492 e. The molecule has 3 aliphatic rings. The Morgan fingerprint density at radius 2 is 2.05 bits per heavy atom. The summed E-state index contributed by atoms with van der Waals surface area (Å²) in [5.41, 5.74) is 1.94. The summed E-state index contributed by atoms with van der Waals surface area (Å²) in [7, 11) is 2.09. The van der Waals surface area contributed by atoms with Gasteiger partial charge in [0.25, 0.3) is 0 Å². The number of rotatable bonds is 3.